The van der Waals surface area contributed by atoms with Crippen molar-refractivity contribution < 1.29 is 14.2 Å². The van der Waals surface area contributed by atoms with Crippen molar-refractivity contribution in [1.82, 2.24) is 0 Å². The molecule has 0 saturated carbocycles. The maximum absolute atomic E-state index is 10.5. The molecule has 1 unspecified atom stereocenters. The van der Waals surface area contributed by atoms with Gasteiger partial charge in [0.15, 0.2) is 5.75 Å². The van der Waals surface area contributed by atoms with Crippen LogP contribution in [0.1, 0.15) is 0 Å². The Hall–Kier alpha value is -0.920. The van der Waals surface area contributed by atoms with Crippen molar-refractivity contribution in [2.45, 2.75) is 0 Å². The number of hydrogen-bond donors (Lipinski definition) is 0. The molecule has 58 valence electrons. The topological polar surface area (TPSA) is 49.4 Å². The van der Waals surface area contributed by atoms with Gasteiger partial charge in [0.25, 0.3) is 0 Å². The molecule has 1 aromatic rings. The van der Waals surface area contributed by atoms with Gasteiger partial charge in [0.05, 0.1) is 7.11 Å². The van der Waals surface area contributed by atoms with E-state index in [0.717, 1.165) is 0 Å². The molecule has 0 radical (unpaired) electrons. The van der Waals surface area contributed by atoms with Gasteiger partial charge in [0, 0.05) is 0 Å². The molecule has 0 spiro atoms. The summed E-state index contributed by atoms with van der Waals surface area (Å²) in [4.78, 5) is 10.5. The minimum atomic E-state index is -2.55. The Bertz CT molecular complexity index is 272. The number of benzene rings is 1. The molecule has 1 atom stereocenters. The summed E-state index contributed by atoms with van der Waals surface area (Å²) in [6.07, 6.45) is 0. The number of hydrogen-bond acceptors (Lipinski definition) is 3. The molecule has 0 fully saturated rings. The number of ether oxygens (including phenoxy) is 1. The van der Waals surface area contributed by atoms with E-state index in [1.54, 1.807) is 18.2 Å². The van der Waals surface area contributed by atoms with Crippen LogP contribution in [-0.2, 0) is 4.57 Å². The maximum atomic E-state index is 10.5. The van der Waals surface area contributed by atoms with Gasteiger partial charge in [-0.2, -0.15) is 0 Å². The fraction of sp³-hybridized carbons (Fsp3) is 0.143. The molecule has 11 heavy (non-hydrogen) atoms. The van der Waals surface area contributed by atoms with Crippen molar-refractivity contribution in [2.75, 3.05) is 7.11 Å². The molecule has 1 rings (SSSR count). The highest BCUT2D eigenvalue weighted by atomic mass is 31.1. The van der Waals surface area contributed by atoms with Crippen LogP contribution in [0.2, 0.25) is 0 Å². The predicted octanol–water partition coefficient (Wildman–Crippen LogP) is 0.423. The van der Waals surface area contributed by atoms with Gasteiger partial charge in [-0.15, -0.1) is 0 Å². The summed E-state index contributed by atoms with van der Waals surface area (Å²) < 4.78 is 15.4. The Morgan fingerprint density at radius 2 is 2.09 bits per heavy atom. The normalized spacial score (nSPS) is 10.9. The zero-order chi connectivity index (χ0) is 8.27. The van der Waals surface area contributed by atoms with E-state index >= 15 is 0 Å². The maximum Gasteiger partial charge on any atom is 0.352 e. The molecule has 3 nitrogen and oxygen atoms in total. The fourth-order valence-corrected chi connectivity index (χ4v) is 1.33. The summed E-state index contributed by atoms with van der Waals surface area (Å²) in [5.41, 5.74) is 0. The van der Waals surface area contributed by atoms with E-state index in [-0.39, 0.29) is 5.30 Å². The van der Waals surface area contributed by atoms with E-state index in [1.165, 1.54) is 13.2 Å². The molecule has 0 aliphatic carbocycles. The average Bonchev–Trinajstić information content (AvgIpc) is 2.04. The molecule has 0 saturated heterocycles. The van der Waals surface area contributed by atoms with Crippen molar-refractivity contribution in [3.63, 3.8) is 0 Å². The van der Waals surface area contributed by atoms with Crippen LogP contribution in [0.3, 0.4) is 0 Å². The van der Waals surface area contributed by atoms with Crippen LogP contribution in [0, 0.1) is 0 Å². The van der Waals surface area contributed by atoms with Crippen LogP contribution in [0.5, 0.6) is 5.75 Å². The van der Waals surface area contributed by atoms with Crippen molar-refractivity contribution in [3.05, 3.63) is 24.3 Å². The SMILES string of the molecule is COc1ccccc1[P+](=O)[O-]. The van der Waals surface area contributed by atoms with Crippen molar-refractivity contribution in [3.8, 4) is 5.75 Å². The monoisotopic (exact) mass is 170 g/mol. The molecule has 1 aromatic carbocycles. The van der Waals surface area contributed by atoms with Crippen molar-refractivity contribution in [2.24, 2.45) is 0 Å². The van der Waals surface area contributed by atoms with Crippen molar-refractivity contribution in [1.29, 1.82) is 0 Å². The van der Waals surface area contributed by atoms with Gasteiger partial charge in [-0.3, -0.25) is 0 Å². The van der Waals surface area contributed by atoms with Gasteiger partial charge in [-0.05, 0) is 12.1 Å². The second-order valence-corrected chi connectivity index (χ2v) is 2.92. The molecule has 0 heterocycles. The quantitative estimate of drug-likeness (QED) is 0.604. The largest absolute Gasteiger partial charge is 0.591 e. The predicted molar refractivity (Wildman–Crippen MR) is 40.2 cm³/mol. The molecule has 0 N–H and O–H groups in total. The van der Waals surface area contributed by atoms with E-state index in [9.17, 15) is 9.46 Å². The lowest BCUT2D eigenvalue weighted by molar-refractivity contribution is -0.160. The van der Waals surface area contributed by atoms with E-state index < -0.39 is 8.03 Å². The zero-order valence-corrected chi connectivity index (χ0v) is 6.88. The number of methoxy groups -OCH3 is 1. The highest BCUT2D eigenvalue weighted by Gasteiger charge is 2.12. The summed E-state index contributed by atoms with van der Waals surface area (Å²) >= 11 is 0. The molecule has 4 heteroatoms. The second-order valence-electron chi connectivity index (χ2n) is 1.93. The van der Waals surface area contributed by atoms with Crippen molar-refractivity contribution >= 4 is 13.3 Å². The van der Waals surface area contributed by atoms with E-state index in [2.05, 4.69) is 0 Å². The third-order valence-corrected chi connectivity index (χ3v) is 2.04. The average molecular weight is 170 g/mol. The van der Waals surface area contributed by atoms with Gasteiger partial charge in [0.1, 0.15) is 0 Å². The molecule has 0 bridgehead atoms. The van der Waals surface area contributed by atoms with Crippen LogP contribution in [0.25, 0.3) is 0 Å². The Morgan fingerprint density at radius 1 is 1.45 bits per heavy atom. The summed E-state index contributed by atoms with van der Waals surface area (Å²) in [7, 11) is -1.11. The zero-order valence-electron chi connectivity index (χ0n) is 5.98. The van der Waals surface area contributed by atoms with Gasteiger partial charge < -0.3 is 9.63 Å². The highest BCUT2D eigenvalue weighted by Crippen LogP contribution is 2.17. The lowest BCUT2D eigenvalue weighted by Gasteiger charge is -1.98. The Balaban J connectivity index is 3.12. The Kier molecular flexibility index (Phi) is 2.58. The third kappa shape index (κ3) is 1.76. The van der Waals surface area contributed by atoms with Crippen LogP contribution in [0.4, 0.5) is 0 Å². The van der Waals surface area contributed by atoms with Gasteiger partial charge >= 0.3 is 8.03 Å². The smallest absolute Gasteiger partial charge is 0.352 e. The summed E-state index contributed by atoms with van der Waals surface area (Å²) in [6, 6.07) is 6.50. The first-order valence-electron chi connectivity index (χ1n) is 3.03. The van der Waals surface area contributed by atoms with Crippen LogP contribution < -0.4 is 14.9 Å². The standard InChI is InChI=1S/C7H7O3P/c1-10-6-4-2-3-5-7(6)11(8)9/h2-5H,1H3. The first-order chi connectivity index (χ1) is 5.25. The Labute approximate surface area is 65.5 Å². The minimum Gasteiger partial charge on any atom is -0.591 e. The van der Waals surface area contributed by atoms with Crippen LogP contribution in [0.15, 0.2) is 24.3 Å². The lowest BCUT2D eigenvalue weighted by atomic mass is 10.3. The molecule has 0 aliphatic rings. The molecule has 0 amide bonds. The summed E-state index contributed by atoms with van der Waals surface area (Å²) in [6.45, 7) is 0. The van der Waals surface area contributed by atoms with Gasteiger partial charge in [-0.25, -0.2) is 0 Å². The van der Waals surface area contributed by atoms with E-state index in [0.29, 0.717) is 5.75 Å². The van der Waals surface area contributed by atoms with Gasteiger partial charge in [0.2, 0.25) is 5.30 Å². The van der Waals surface area contributed by atoms with E-state index in [1.807, 2.05) is 0 Å². The lowest BCUT2D eigenvalue weighted by Crippen LogP contribution is -2.07. The number of para-hydroxylation sites is 1. The Morgan fingerprint density at radius 3 is 2.55 bits per heavy atom. The second kappa shape index (κ2) is 3.46. The third-order valence-electron chi connectivity index (χ3n) is 1.28. The summed E-state index contributed by atoms with van der Waals surface area (Å²) in [5, 5.41) is 0.227. The first-order valence-corrected chi connectivity index (χ1v) is 4.21. The van der Waals surface area contributed by atoms with E-state index in [4.69, 9.17) is 4.74 Å². The fourth-order valence-electron chi connectivity index (χ4n) is 0.781. The molecular formula is C7H7O3P. The van der Waals surface area contributed by atoms with Gasteiger partial charge in [-0.1, -0.05) is 16.7 Å². The first kappa shape index (κ1) is 8.18. The molecule has 0 aliphatic heterocycles. The minimum absolute atomic E-state index is 0.227. The molecule has 0 aromatic heterocycles. The highest BCUT2D eigenvalue weighted by molar-refractivity contribution is 7.46. The van der Waals surface area contributed by atoms with Crippen LogP contribution >= 0.6 is 8.03 Å². The summed E-state index contributed by atoms with van der Waals surface area (Å²) in [5.74, 6) is 0.392. The molecular weight excluding hydrogens is 163 g/mol. The number of rotatable bonds is 2. The van der Waals surface area contributed by atoms with Crippen LogP contribution in [-0.4, -0.2) is 7.11 Å².